The topological polar surface area (TPSA) is 99.4 Å². The first-order valence-corrected chi connectivity index (χ1v) is 8.08. The van der Waals surface area contributed by atoms with Crippen molar-refractivity contribution >= 4 is 17.9 Å². The molecule has 2 rings (SSSR count). The standard InChI is InChI=1S/C16H27N5O3/c1-15(2,3)18-13(22)17-12-10-7-8-21(9-11(10)19-20-12)14(23)24-16(4,5)6/h7-9H2,1-6H3,(H3,17,18,19,20,22). The van der Waals surface area contributed by atoms with Gasteiger partial charge in [0.2, 0.25) is 0 Å². The third-order valence-corrected chi connectivity index (χ3v) is 3.31. The Hall–Kier alpha value is -2.25. The minimum absolute atomic E-state index is 0.300. The third-order valence-electron chi connectivity index (χ3n) is 3.31. The quantitative estimate of drug-likeness (QED) is 0.733. The molecule has 0 fully saturated rings. The number of H-pyrrole nitrogens is 1. The molecule has 0 atom stereocenters. The van der Waals surface area contributed by atoms with Crippen LogP contribution in [0.3, 0.4) is 0 Å². The molecule has 2 heterocycles. The first-order valence-electron chi connectivity index (χ1n) is 8.08. The maximum absolute atomic E-state index is 12.2. The van der Waals surface area contributed by atoms with Crippen molar-refractivity contribution in [2.24, 2.45) is 0 Å². The van der Waals surface area contributed by atoms with Crippen LogP contribution in [-0.4, -0.2) is 44.9 Å². The van der Waals surface area contributed by atoms with E-state index in [0.717, 1.165) is 11.3 Å². The van der Waals surface area contributed by atoms with Gasteiger partial charge >= 0.3 is 12.1 Å². The summed E-state index contributed by atoms with van der Waals surface area (Å²) < 4.78 is 5.39. The fourth-order valence-electron chi connectivity index (χ4n) is 2.38. The number of hydrogen-bond acceptors (Lipinski definition) is 4. The Morgan fingerprint density at radius 1 is 1.21 bits per heavy atom. The van der Waals surface area contributed by atoms with Crippen molar-refractivity contribution in [1.82, 2.24) is 20.4 Å². The second kappa shape index (κ2) is 6.33. The van der Waals surface area contributed by atoms with Gasteiger partial charge in [0.25, 0.3) is 0 Å². The minimum atomic E-state index is -0.525. The summed E-state index contributed by atoms with van der Waals surface area (Å²) in [5.74, 6) is 0.510. The van der Waals surface area contributed by atoms with Gasteiger partial charge in [-0.05, 0) is 48.0 Å². The van der Waals surface area contributed by atoms with E-state index in [1.165, 1.54) is 0 Å². The third kappa shape index (κ3) is 4.87. The molecular formula is C16H27N5O3. The van der Waals surface area contributed by atoms with Crippen molar-refractivity contribution in [2.45, 2.75) is 65.6 Å². The van der Waals surface area contributed by atoms with Crippen molar-refractivity contribution in [3.8, 4) is 0 Å². The average molecular weight is 337 g/mol. The van der Waals surface area contributed by atoms with Gasteiger partial charge in [0.15, 0.2) is 5.82 Å². The number of ether oxygens (including phenoxy) is 1. The van der Waals surface area contributed by atoms with E-state index < -0.39 is 5.60 Å². The van der Waals surface area contributed by atoms with E-state index in [4.69, 9.17) is 4.74 Å². The molecule has 3 amide bonds. The largest absolute Gasteiger partial charge is 0.444 e. The predicted octanol–water partition coefficient (Wildman–Crippen LogP) is 2.62. The summed E-state index contributed by atoms with van der Waals surface area (Å²) in [4.78, 5) is 25.8. The van der Waals surface area contributed by atoms with E-state index in [-0.39, 0.29) is 17.7 Å². The summed E-state index contributed by atoms with van der Waals surface area (Å²) >= 11 is 0. The summed E-state index contributed by atoms with van der Waals surface area (Å²) in [6.45, 7) is 12.2. The van der Waals surface area contributed by atoms with Crippen LogP contribution >= 0.6 is 0 Å². The Morgan fingerprint density at radius 2 is 1.88 bits per heavy atom. The van der Waals surface area contributed by atoms with E-state index in [1.54, 1.807) is 4.90 Å². The molecule has 8 heteroatoms. The number of urea groups is 1. The Balaban J connectivity index is 2.01. The molecule has 0 radical (unpaired) electrons. The average Bonchev–Trinajstić information content (AvgIpc) is 2.77. The highest BCUT2D eigenvalue weighted by molar-refractivity contribution is 5.89. The molecule has 134 valence electrons. The van der Waals surface area contributed by atoms with E-state index in [1.807, 2.05) is 41.5 Å². The van der Waals surface area contributed by atoms with E-state index in [0.29, 0.717) is 25.3 Å². The number of amides is 3. The van der Waals surface area contributed by atoms with Crippen LogP contribution in [0.1, 0.15) is 52.8 Å². The summed E-state index contributed by atoms with van der Waals surface area (Å²) in [5, 5.41) is 12.7. The normalized spacial score (nSPS) is 14.8. The molecule has 1 aliphatic heterocycles. The zero-order chi connectivity index (χ0) is 18.1. The maximum Gasteiger partial charge on any atom is 0.410 e. The Morgan fingerprint density at radius 3 is 2.46 bits per heavy atom. The van der Waals surface area contributed by atoms with Gasteiger partial charge in [-0.3, -0.25) is 10.4 Å². The summed E-state index contributed by atoms with van der Waals surface area (Å²) in [5.41, 5.74) is 0.897. The van der Waals surface area contributed by atoms with Gasteiger partial charge in [-0.2, -0.15) is 5.10 Å². The number of carbonyl (C=O) groups is 2. The number of aromatic nitrogens is 2. The predicted molar refractivity (Wildman–Crippen MR) is 90.8 cm³/mol. The lowest BCUT2D eigenvalue weighted by molar-refractivity contribution is 0.0221. The molecule has 1 aromatic heterocycles. The van der Waals surface area contributed by atoms with Crippen LogP contribution < -0.4 is 10.6 Å². The first kappa shape index (κ1) is 18.1. The van der Waals surface area contributed by atoms with Crippen LogP contribution in [0, 0.1) is 0 Å². The maximum atomic E-state index is 12.2. The Bertz CT molecular complexity index is 625. The highest BCUT2D eigenvalue weighted by atomic mass is 16.6. The molecule has 0 saturated carbocycles. The molecule has 0 spiro atoms. The van der Waals surface area contributed by atoms with Crippen LogP contribution in [0.4, 0.5) is 15.4 Å². The van der Waals surface area contributed by atoms with Crippen LogP contribution in [-0.2, 0) is 17.7 Å². The molecule has 0 bridgehead atoms. The van der Waals surface area contributed by atoms with Crippen molar-refractivity contribution in [3.05, 3.63) is 11.3 Å². The minimum Gasteiger partial charge on any atom is -0.444 e. The number of nitrogens with one attached hydrogen (secondary N) is 3. The Labute approximate surface area is 142 Å². The second-order valence-electron chi connectivity index (χ2n) is 8.01. The monoisotopic (exact) mass is 337 g/mol. The Kier molecular flexibility index (Phi) is 4.77. The molecule has 0 aromatic carbocycles. The number of rotatable bonds is 1. The smallest absolute Gasteiger partial charge is 0.410 e. The molecule has 8 nitrogen and oxygen atoms in total. The fraction of sp³-hybridized carbons (Fsp3) is 0.688. The summed E-state index contributed by atoms with van der Waals surface area (Å²) in [6, 6.07) is -0.300. The van der Waals surface area contributed by atoms with Gasteiger partial charge in [-0.1, -0.05) is 0 Å². The molecule has 24 heavy (non-hydrogen) atoms. The second-order valence-corrected chi connectivity index (χ2v) is 8.01. The molecule has 0 aliphatic carbocycles. The zero-order valence-electron chi connectivity index (χ0n) is 15.2. The highest BCUT2D eigenvalue weighted by Crippen LogP contribution is 2.25. The van der Waals surface area contributed by atoms with Crippen molar-refractivity contribution in [1.29, 1.82) is 0 Å². The molecule has 0 saturated heterocycles. The van der Waals surface area contributed by atoms with Crippen LogP contribution in [0.25, 0.3) is 0 Å². The van der Waals surface area contributed by atoms with Crippen LogP contribution in [0.5, 0.6) is 0 Å². The first-order chi connectivity index (χ1) is 10.9. The number of fused-ring (bicyclic) bond motifs is 1. The summed E-state index contributed by atoms with van der Waals surface area (Å²) in [7, 11) is 0. The number of aromatic amines is 1. The fourth-order valence-corrected chi connectivity index (χ4v) is 2.38. The number of hydrogen-bond donors (Lipinski definition) is 3. The number of carbonyl (C=O) groups excluding carboxylic acids is 2. The lowest BCUT2D eigenvalue weighted by Gasteiger charge is -2.29. The molecule has 1 aromatic rings. The zero-order valence-corrected chi connectivity index (χ0v) is 15.2. The van der Waals surface area contributed by atoms with Gasteiger partial charge < -0.3 is 15.0 Å². The van der Waals surface area contributed by atoms with Gasteiger partial charge in [-0.25, -0.2) is 9.59 Å². The van der Waals surface area contributed by atoms with Gasteiger partial charge in [0, 0.05) is 17.6 Å². The highest BCUT2D eigenvalue weighted by Gasteiger charge is 2.29. The lowest BCUT2D eigenvalue weighted by atomic mass is 10.1. The van der Waals surface area contributed by atoms with Crippen LogP contribution in [0.15, 0.2) is 0 Å². The van der Waals surface area contributed by atoms with Crippen molar-refractivity contribution in [3.63, 3.8) is 0 Å². The molecular weight excluding hydrogens is 310 g/mol. The van der Waals surface area contributed by atoms with Gasteiger partial charge in [0.05, 0.1) is 12.2 Å². The molecule has 3 N–H and O–H groups in total. The summed E-state index contributed by atoms with van der Waals surface area (Å²) in [6.07, 6.45) is 0.263. The van der Waals surface area contributed by atoms with Crippen LogP contribution in [0.2, 0.25) is 0 Å². The van der Waals surface area contributed by atoms with Crippen molar-refractivity contribution in [2.75, 3.05) is 11.9 Å². The van der Waals surface area contributed by atoms with Gasteiger partial charge in [0.1, 0.15) is 5.60 Å². The van der Waals surface area contributed by atoms with E-state index in [2.05, 4.69) is 20.8 Å². The van der Waals surface area contributed by atoms with Gasteiger partial charge in [-0.15, -0.1) is 0 Å². The van der Waals surface area contributed by atoms with Crippen molar-refractivity contribution < 1.29 is 14.3 Å². The molecule has 1 aliphatic rings. The van der Waals surface area contributed by atoms with E-state index >= 15 is 0 Å². The number of anilines is 1. The lowest BCUT2D eigenvalue weighted by Crippen LogP contribution is -2.43. The molecule has 0 unspecified atom stereocenters. The number of nitrogens with zero attached hydrogens (tertiary/aromatic N) is 2. The SMILES string of the molecule is CC(C)(C)NC(=O)Nc1n[nH]c2c1CCN(C(=O)OC(C)(C)C)C2. The van der Waals surface area contributed by atoms with E-state index in [9.17, 15) is 9.59 Å².